The number of nitrogens with zero attached hydrogens (tertiary/aromatic N) is 1. The minimum absolute atomic E-state index is 0.0194. The first-order valence-electron chi connectivity index (χ1n) is 7.99. The van der Waals surface area contributed by atoms with Gasteiger partial charge in [-0.1, -0.05) is 18.2 Å². The highest BCUT2D eigenvalue weighted by molar-refractivity contribution is 6.09. The zero-order valence-electron chi connectivity index (χ0n) is 13.1. The standard InChI is InChI=1S/C20H17N3O/c24-20(8-5-14-9-11-21-12-10-14)22-15-6-7-19-17(13-15)16-3-1-2-4-18(16)23-19/h1-4,6-7,9-13,23H,5,8H2,(H,22,24). The Morgan fingerprint density at radius 3 is 2.62 bits per heavy atom. The Labute approximate surface area is 139 Å². The lowest BCUT2D eigenvalue weighted by atomic mass is 10.1. The minimum atomic E-state index is 0.0194. The van der Waals surface area contributed by atoms with Gasteiger partial charge in [-0.3, -0.25) is 9.78 Å². The van der Waals surface area contributed by atoms with Crippen LogP contribution in [0.25, 0.3) is 21.8 Å². The summed E-state index contributed by atoms with van der Waals surface area (Å²) in [5.41, 5.74) is 4.12. The number of carbonyl (C=O) groups excluding carboxylic acids is 1. The summed E-state index contributed by atoms with van der Waals surface area (Å²) in [4.78, 5) is 19.6. The van der Waals surface area contributed by atoms with Crippen molar-refractivity contribution in [3.05, 3.63) is 72.6 Å². The third-order valence-electron chi connectivity index (χ3n) is 4.18. The fourth-order valence-corrected chi connectivity index (χ4v) is 2.96. The largest absolute Gasteiger partial charge is 0.355 e. The Bertz CT molecular complexity index is 1010. The summed E-state index contributed by atoms with van der Waals surface area (Å²) >= 11 is 0. The van der Waals surface area contributed by atoms with Gasteiger partial charge in [0.15, 0.2) is 0 Å². The number of pyridine rings is 1. The molecule has 0 spiro atoms. The number of aromatic amines is 1. The molecule has 4 aromatic rings. The first kappa shape index (κ1) is 14.5. The molecule has 0 saturated carbocycles. The normalized spacial score (nSPS) is 11.0. The van der Waals surface area contributed by atoms with E-state index < -0.39 is 0 Å². The van der Waals surface area contributed by atoms with Gasteiger partial charge >= 0.3 is 0 Å². The molecule has 4 heteroatoms. The van der Waals surface area contributed by atoms with Crippen molar-refractivity contribution in [1.29, 1.82) is 0 Å². The van der Waals surface area contributed by atoms with Crippen molar-refractivity contribution in [3.8, 4) is 0 Å². The number of carbonyl (C=O) groups is 1. The van der Waals surface area contributed by atoms with Gasteiger partial charge in [0, 0.05) is 46.3 Å². The second kappa shape index (κ2) is 6.16. The molecule has 0 saturated heterocycles. The zero-order chi connectivity index (χ0) is 16.4. The van der Waals surface area contributed by atoms with Crippen LogP contribution in [0.2, 0.25) is 0 Å². The van der Waals surface area contributed by atoms with Crippen LogP contribution in [0.1, 0.15) is 12.0 Å². The van der Waals surface area contributed by atoms with Crippen molar-refractivity contribution in [3.63, 3.8) is 0 Å². The molecular weight excluding hydrogens is 298 g/mol. The van der Waals surface area contributed by atoms with Crippen molar-refractivity contribution >= 4 is 33.4 Å². The Morgan fingerprint density at radius 2 is 1.75 bits per heavy atom. The van der Waals surface area contributed by atoms with Crippen LogP contribution in [-0.2, 0) is 11.2 Å². The Balaban J connectivity index is 1.51. The SMILES string of the molecule is O=C(CCc1ccncc1)Nc1ccc2[nH]c3ccccc3c2c1. The maximum atomic E-state index is 12.2. The highest BCUT2D eigenvalue weighted by Crippen LogP contribution is 2.27. The van der Waals surface area contributed by atoms with Crippen LogP contribution in [0.5, 0.6) is 0 Å². The van der Waals surface area contributed by atoms with Crippen molar-refractivity contribution < 1.29 is 4.79 Å². The van der Waals surface area contributed by atoms with Gasteiger partial charge in [0.05, 0.1) is 0 Å². The number of amides is 1. The number of anilines is 1. The Morgan fingerprint density at radius 1 is 0.958 bits per heavy atom. The van der Waals surface area contributed by atoms with Crippen molar-refractivity contribution in [2.75, 3.05) is 5.32 Å². The van der Waals surface area contributed by atoms with Crippen LogP contribution in [0.4, 0.5) is 5.69 Å². The number of benzene rings is 2. The Hall–Kier alpha value is -3.14. The van der Waals surface area contributed by atoms with Crippen LogP contribution in [0.15, 0.2) is 67.0 Å². The first-order valence-corrected chi connectivity index (χ1v) is 7.99. The van der Waals surface area contributed by atoms with Gasteiger partial charge in [-0.2, -0.15) is 0 Å². The number of rotatable bonds is 4. The number of aromatic nitrogens is 2. The molecule has 4 nitrogen and oxygen atoms in total. The lowest BCUT2D eigenvalue weighted by Gasteiger charge is -2.06. The number of nitrogens with one attached hydrogen (secondary N) is 2. The van der Waals surface area contributed by atoms with Crippen LogP contribution >= 0.6 is 0 Å². The monoisotopic (exact) mass is 315 g/mol. The molecule has 2 heterocycles. The Kier molecular flexibility index (Phi) is 3.71. The fourth-order valence-electron chi connectivity index (χ4n) is 2.96. The van der Waals surface area contributed by atoms with Gasteiger partial charge < -0.3 is 10.3 Å². The molecule has 0 atom stereocenters. The first-order chi connectivity index (χ1) is 11.8. The van der Waals surface area contributed by atoms with Gasteiger partial charge in [-0.15, -0.1) is 0 Å². The molecule has 2 aromatic heterocycles. The van der Waals surface area contributed by atoms with E-state index in [9.17, 15) is 4.79 Å². The van der Waals surface area contributed by atoms with E-state index in [1.807, 2.05) is 42.5 Å². The van der Waals surface area contributed by atoms with E-state index in [0.717, 1.165) is 27.7 Å². The zero-order valence-corrected chi connectivity index (χ0v) is 13.1. The van der Waals surface area contributed by atoms with E-state index >= 15 is 0 Å². The highest BCUT2D eigenvalue weighted by Gasteiger charge is 2.07. The second-order valence-corrected chi connectivity index (χ2v) is 5.83. The molecule has 0 fully saturated rings. The summed E-state index contributed by atoms with van der Waals surface area (Å²) in [6.45, 7) is 0. The summed E-state index contributed by atoms with van der Waals surface area (Å²) in [6.07, 6.45) is 4.66. The molecule has 2 aromatic carbocycles. The quantitative estimate of drug-likeness (QED) is 0.590. The average Bonchev–Trinajstić information content (AvgIpc) is 2.99. The minimum Gasteiger partial charge on any atom is -0.355 e. The smallest absolute Gasteiger partial charge is 0.224 e. The summed E-state index contributed by atoms with van der Waals surface area (Å²) in [5.74, 6) is 0.0194. The van der Waals surface area contributed by atoms with E-state index in [-0.39, 0.29) is 5.91 Å². The van der Waals surface area contributed by atoms with Gasteiger partial charge in [-0.25, -0.2) is 0 Å². The molecule has 0 bridgehead atoms. The highest BCUT2D eigenvalue weighted by atomic mass is 16.1. The number of H-pyrrole nitrogens is 1. The molecule has 0 radical (unpaired) electrons. The fraction of sp³-hybridized carbons (Fsp3) is 0.100. The van der Waals surface area contributed by atoms with Crippen molar-refractivity contribution in [2.24, 2.45) is 0 Å². The van der Waals surface area contributed by atoms with Gasteiger partial charge in [-0.05, 0) is 48.4 Å². The molecule has 0 aliphatic heterocycles. The average molecular weight is 315 g/mol. The van der Waals surface area contributed by atoms with E-state index in [1.54, 1.807) is 12.4 Å². The molecule has 118 valence electrons. The van der Waals surface area contributed by atoms with Crippen LogP contribution in [-0.4, -0.2) is 15.9 Å². The summed E-state index contributed by atoms with van der Waals surface area (Å²) in [7, 11) is 0. The van der Waals surface area contributed by atoms with Crippen molar-refractivity contribution in [2.45, 2.75) is 12.8 Å². The molecule has 24 heavy (non-hydrogen) atoms. The predicted octanol–water partition coefficient (Wildman–Crippen LogP) is 4.29. The number of hydrogen-bond donors (Lipinski definition) is 2. The number of aryl methyl sites for hydroxylation is 1. The second-order valence-electron chi connectivity index (χ2n) is 5.83. The summed E-state index contributed by atoms with van der Waals surface area (Å²) in [5, 5.41) is 5.28. The molecule has 1 amide bonds. The maximum absolute atomic E-state index is 12.2. The molecule has 0 aliphatic carbocycles. The van der Waals surface area contributed by atoms with Gasteiger partial charge in [0.1, 0.15) is 0 Å². The van der Waals surface area contributed by atoms with Crippen LogP contribution in [0.3, 0.4) is 0 Å². The number of hydrogen-bond acceptors (Lipinski definition) is 2. The lowest BCUT2D eigenvalue weighted by molar-refractivity contribution is -0.116. The maximum Gasteiger partial charge on any atom is 0.224 e. The number of fused-ring (bicyclic) bond motifs is 3. The van der Waals surface area contributed by atoms with Crippen molar-refractivity contribution in [1.82, 2.24) is 9.97 Å². The van der Waals surface area contributed by atoms with E-state index in [2.05, 4.69) is 27.4 Å². The molecular formula is C20H17N3O. The molecule has 2 N–H and O–H groups in total. The molecule has 0 aliphatic rings. The predicted molar refractivity (Wildman–Crippen MR) is 97.0 cm³/mol. The summed E-state index contributed by atoms with van der Waals surface area (Å²) < 4.78 is 0. The van der Waals surface area contributed by atoms with Gasteiger partial charge in [0.25, 0.3) is 0 Å². The van der Waals surface area contributed by atoms with Crippen LogP contribution < -0.4 is 5.32 Å². The third-order valence-corrected chi connectivity index (χ3v) is 4.18. The van der Waals surface area contributed by atoms with Crippen LogP contribution in [0, 0.1) is 0 Å². The lowest BCUT2D eigenvalue weighted by Crippen LogP contribution is -2.12. The topological polar surface area (TPSA) is 57.8 Å². The summed E-state index contributed by atoms with van der Waals surface area (Å²) in [6, 6.07) is 18.0. The van der Waals surface area contributed by atoms with E-state index in [0.29, 0.717) is 12.8 Å². The van der Waals surface area contributed by atoms with E-state index in [1.165, 1.54) is 5.39 Å². The van der Waals surface area contributed by atoms with Gasteiger partial charge in [0.2, 0.25) is 5.91 Å². The number of para-hydroxylation sites is 1. The molecule has 0 unspecified atom stereocenters. The third kappa shape index (κ3) is 2.86. The van der Waals surface area contributed by atoms with E-state index in [4.69, 9.17) is 0 Å². The molecule has 4 rings (SSSR count).